The minimum Gasteiger partial charge on any atom is -0.379 e. The summed E-state index contributed by atoms with van der Waals surface area (Å²) < 4.78 is 5.37. The van der Waals surface area contributed by atoms with E-state index in [1.165, 1.54) is 6.08 Å². The Morgan fingerprint density at radius 3 is 2.88 bits per heavy atom. The van der Waals surface area contributed by atoms with Crippen LogP contribution in [0.25, 0.3) is 6.08 Å². The van der Waals surface area contributed by atoms with Crippen molar-refractivity contribution in [2.75, 3.05) is 31.6 Å². The number of nitrogens with zero attached hydrogens (tertiary/aromatic N) is 3. The molecule has 1 saturated heterocycles. The number of hydrogen-bond acceptors (Lipinski definition) is 5. The first-order valence-electron chi connectivity index (χ1n) is 7.94. The maximum Gasteiger partial charge on any atom is 0.248 e. The van der Waals surface area contributed by atoms with Gasteiger partial charge in [0.05, 0.1) is 25.1 Å². The topological polar surface area (TPSA) is 67.4 Å². The maximum absolute atomic E-state index is 12.2. The van der Waals surface area contributed by atoms with Gasteiger partial charge in [-0.15, -0.1) is 0 Å². The Hall–Kier alpha value is -2.57. The van der Waals surface area contributed by atoms with E-state index >= 15 is 0 Å². The molecule has 0 aliphatic carbocycles. The fourth-order valence-corrected chi connectivity index (χ4v) is 2.51. The van der Waals surface area contributed by atoms with Crippen LogP contribution in [0.15, 0.2) is 48.9 Å². The second-order valence-corrected chi connectivity index (χ2v) is 5.50. The molecule has 2 heterocycles. The van der Waals surface area contributed by atoms with E-state index in [9.17, 15) is 4.79 Å². The van der Waals surface area contributed by atoms with Crippen LogP contribution in [-0.4, -0.2) is 47.1 Å². The molecule has 1 aliphatic rings. The fourth-order valence-electron chi connectivity index (χ4n) is 2.51. The molecule has 1 fully saturated rings. The van der Waals surface area contributed by atoms with Crippen molar-refractivity contribution in [3.63, 3.8) is 0 Å². The van der Waals surface area contributed by atoms with E-state index in [2.05, 4.69) is 20.2 Å². The van der Waals surface area contributed by atoms with E-state index in [1.54, 1.807) is 24.7 Å². The van der Waals surface area contributed by atoms with E-state index in [-0.39, 0.29) is 5.91 Å². The minimum absolute atomic E-state index is 0.185. The van der Waals surface area contributed by atoms with Crippen LogP contribution in [0.3, 0.4) is 0 Å². The van der Waals surface area contributed by atoms with Gasteiger partial charge in [-0.25, -0.2) is 0 Å². The van der Waals surface area contributed by atoms with Crippen molar-refractivity contribution in [1.29, 1.82) is 0 Å². The Morgan fingerprint density at radius 2 is 2.08 bits per heavy atom. The van der Waals surface area contributed by atoms with Crippen molar-refractivity contribution in [3.05, 3.63) is 60.2 Å². The lowest BCUT2D eigenvalue weighted by atomic mass is 10.1. The summed E-state index contributed by atoms with van der Waals surface area (Å²) in [6.45, 7) is 4.14. The monoisotopic (exact) mass is 324 g/mol. The predicted molar refractivity (Wildman–Crippen MR) is 92.2 cm³/mol. The molecule has 1 amide bonds. The molecule has 24 heavy (non-hydrogen) atoms. The summed E-state index contributed by atoms with van der Waals surface area (Å²) in [5.41, 5.74) is 2.58. The summed E-state index contributed by atoms with van der Waals surface area (Å²) in [4.78, 5) is 22.5. The third-order valence-corrected chi connectivity index (χ3v) is 3.76. The van der Waals surface area contributed by atoms with Gasteiger partial charge in [0.15, 0.2) is 0 Å². The number of aromatic nitrogens is 2. The van der Waals surface area contributed by atoms with Crippen LogP contribution >= 0.6 is 0 Å². The average molecular weight is 324 g/mol. The van der Waals surface area contributed by atoms with E-state index in [0.29, 0.717) is 5.69 Å². The number of morpholine rings is 1. The van der Waals surface area contributed by atoms with Gasteiger partial charge in [-0.1, -0.05) is 18.2 Å². The molecule has 2 aromatic rings. The van der Waals surface area contributed by atoms with Gasteiger partial charge in [-0.05, 0) is 17.7 Å². The molecule has 0 radical (unpaired) electrons. The molecule has 1 aromatic carbocycles. The molecule has 0 spiro atoms. The largest absolute Gasteiger partial charge is 0.379 e. The number of benzene rings is 1. The van der Waals surface area contributed by atoms with Crippen molar-refractivity contribution in [3.8, 4) is 0 Å². The molecule has 1 aromatic heterocycles. The zero-order valence-corrected chi connectivity index (χ0v) is 13.4. The Labute approximate surface area is 141 Å². The zero-order valence-electron chi connectivity index (χ0n) is 13.4. The third kappa shape index (κ3) is 4.71. The normalized spacial score (nSPS) is 15.5. The number of ether oxygens (including phenoxy) is 1. The van der Waals surface area contributed by atoms with Crippen LogP contribution in [-0.2, 0) is 16.1 Å². The summed E-state index contributed by atoms with van der Waals surface area (Å²) in [6.07, 6.45) is 7.91. The molecule has 124 valence electrons. The average Bonchev–Trinajstić information content (AvgIpc) is 2.63. The van der Waals surface area contributed by atoms with Crippen LogP contribution in [0.5, 0.6) is 0 Å². The molecule has 6 nitrogen and oxygen atoms in total. The Bertz CT molecular complexity index is 697. The number of nitrogens with one attached hydrogen (secondary N) is 1. The van der Waals surface area contributed by atoms with Gasteiger partial charge in [0, 0.05) is 43.8 Å². The first kappa shape index (κ1) is 16.3. The van der Waals surface area contributed by atoms with Crippen molar-refractivity contribution in [2.24, 2.45) is 0 Å². The Kier molecular flexibility index (Phi) is 5.65. The lowest BCUT2D eigenvalue weighted by Crippen LogP contribution is -2.35. The minimum atomic E-state index is -0.185. The number of carbonyl (C=O) groups is 1. The molecule has 1 aliphatic heterocycles. The van der Waals surface area contributed by atoms with Gasteiger partial charge in [-0.2, -0.15) is 0 Å². The highest BCUT2D eigenvalue weighted by atomic mass is 16.5. The van der Waals surface area contributed by atoms with Gasteiger partial charge in [0.1, 0.15) is 0 Å². The summed E-state index contributed by atoms with van der Waals surface area (Å²) in [6, 6.07) is 7.87. The van der Waals surface area contributed by atoms with Crippen molar-refractivity contribution >= 4 is 17.7 Å². The van der Waals surface area contributed by atoms with Crippen LogP contribution in [0.1, 0.15) is 11.3 Å². The number of carbonyl (C=O) groups excluding carboxylic acids is 1. The summed E-state index contributed by atoms with van der Waals surface area (Å²) in [5.74, 6) is -0.185. The fraction of sp³-hybridized carbons (Fsp3) is 0.278. The quantitative estimate of drug-likeness (QED) is 0.852. The predicted octanol–water partition coefficient (Wildman–Crippen LogP) is 1.96. The van der Waals surface area contributed by atoms with Crippen molar-refractivity contribution in [2.45, 2.75) is 6.54 Å². The van der Waals surface area contributed by atoms with Gasteiger partial charge >= 0.3 is 0 Å². The van der Waals surface area contributed by atoms with Crippen LogP contribution in [0, 0.1) is 0 Å². The molecule has 0 atom stereocenters. The number of amides is 1. The van der Waals surface area contributed by atoms with E-state index < -0.39 is 0 Å². The molecular weight excluding hydrogens is 304 g/mol. The van der Waals surface area contributed by atoms with Gasteiger partial charge in [0.25, 0.3) is 0 Å². The molecule has 1 N–H and O–H groups in total. The van der Waals surface area contributed by atoms with Gasteiger partial charge < -0.3 is 10.1 Å². The number of para-hydroxylation sites is 1. The van der Waals surface area contributed by atoms with Crippen LogP contribution in [0.2, 0.25) is 0 Å². The standard InChI is InChI=1S/C18H20N4O2/c23-18(6-5-16-13-19-7-8-20-16)21-17-4-2-1-3-15(17)14-22-9-11-24-12-10-22/h1-8,13H,9-12,14H2,(H,21,23). The first-order chi connectivity index (χ1) is 11.8. The summed E-state index contributed by atoms with van der Waals surface area (Å²) >= 11 is 0. The van der Waals surface area contributed by atoms with E-state index in [4.69, 9.17) is 4.74 Å². The molecule has 0 saturated carbocycles. The highest BCUT2D eigenvalue weighted by Gasteiger charge is 2.13. The molecule has 3 rings (SSSR count). The van der Waals surface area contributed by atoms with E-state index in [0.717, 1.165) is 44.1 Å². The smallest absolute Gasteiger partial charge is 0.248 e. The second kappa shape index (κ2) is 8.33. The van der Waals surface area contributed by atoms with Crippen LogP contribution in [0.4, 0.5) is 5.69 Å². The van der Waals surface area contributed by atoms with Gasteiger partial charge in [0.2, 0.25) is 5.91 Å². The van der Waals surface area contributed by atoms with Gasteiger partial charge in [-0.3, -0.25) is 19.7 Å². The number of anilines is 1. The van der Waals surface area contributed by atoms with Crippen molar-refractivity contribution in [1.82, 2.24) is 14.9 Å². The highest BCUT2D eigenvalue weighted by Crippen LogP contribution is 2.18. The molecule has 6 heteroatoms. The molecule has 0 bridgehead atoms. The SMILES string of the molecule is O=C(C=Cc1cnccn1)Nc1ccccc1CN1CCOCC1. The third-order valence-electron chi connectivity index (χ3n) is 3.76. The zero-order chi connectivity index (χ0) is 16.6. The molecule has 0 unspecified atom stereocenters. The first-order valence-corrected chi connectivity index (χ1v) is 7.94. The lowest BCUT2D eigenvalue weighted by molar-refractivity contribution is -0.111. The summed E-state index contributed by atoms with van der Waals surface area (Å²) in [7, 11) is 0. The summed E-state index contributed by atoms with van der Waals surface area (Å²) in [5, 5.41) is 2.94. The van der Waals surface area contributed by atoms with Crippen LogP contribution < -0.4 is 5.32 Å². The lowest BCUT2D eigenvalue weighted by Gasteiger charge is -2.27. The van der Waals surface area contributed by atoms with Crippen molar-refractivity contribution < 1.29 is 9.53 Å². The highest BCUT2D eigenvalue weighted by molar-refractivity contribution is 6.02. The number of rotatable bonds is 5. The Morgan fingerprint density at radius 1 is 1.25 bits per heavy atom. The number of hydrogen-bond donors (Lipinski definition) is 1. The second-order valence-electron chi connectivity index (χ2n) is 5.50. The van der Waals surface area contributed by atoms with E-state index in [1.807, 2.05) is 24.3 Å². The molecular formula is C18H20N4O2. The Balaban J connectivity index is 1.64. The maximum atomic E-state index is 12.2.